The molecular formula is C13H18N6O2. The van der Waals surface area contributed by atoms with Gasteiger partial charge in [0.1, 0.15) is 0 Å². The number of aliphatic carboxylic acids is 1. The molecule has 112 valence electrons. The molecule has 1 fully saturated rings. The topological polar surface area (TPSA) is 96.5 Å². The van der Waals surface area contributed by atoms with Crippen LogP contribution in [0.2, 0.25) is 0 Å². The summed E-state index contributed by atoms with van der Waals surface area (Å²) in [6.45, 7) is 5.13. The molecule has 3 rings (SSSR count). The molecule has 2 aromatic rings. The van der Waals surface area contributed by atoms with Crippen molar-refractivity contribution in [3.05, 3.63) is 12.1 Å². The number of aromatic nitrogens is 5. The molecule has 0 radical (unpaired) electrons. The second-order valence-corrected chi connectivity index (χ2v) is 6.03. The lowest BCUT2D eigenvalue weighted by Gasteiger charge is -2.39. The van der Waals surface area contributed by atoms with Crippen LogP contribution >= 0.6 is 0 Å². The summed E-state index contributed by atoms with van der Waals surface area (Å²) < 4.78 is 1.39. The average molecular weight is 290 g/mol. The Kier molecular flexibility index (Phi) is 3.23. The number of carboxylic acids is 1. The summed E-state index contributed by atoms with van der Waals surface area (Å²) in [6, 6.07) is 3.69. The van der Waals surface area contributed by atoms with Crippen molar-refractivity contribution in [3.63, 3.8) is 0 Å². The summed E-state index contributed by atoms with van der Waals surface area (Å²) in [5.41, 5.74) is -0.143. The van der Waals surface area contributed by atoms with E-state index in [2.05, 4.69) is 25.5 Å². The minimum absolute atomic E-state index is 0.0927. The van der Waals surface area contributed by atoms with Crippen LogP contribution in [-0.2, 0) is 4.79 Å². The summed E-state index contributed by atoms with van der Waals surface area (Å²) in [5, 5.41) is 25.0. The van der Waals surface area contributed by atoms with Gasteiger partial charge in [-0.25, -0.2) is 0 Å². The predicted octanol–water partition coefficient (Wildman–Crippen LogP) is 0.846. The number of rotatable bonds is 3. The van der Waals surface area contributed by atoms with Crippen molar-refractivity contribution in [1.82, 2.24) is 25.3 Å². The first-order valence-electron chi connectivity index (χ1n) is 7.02. The first kappa shape index (κ1) is 13.7. The molecule has 0 spiro atoms. The Balaban J connectivity index is 1.84. The number of piperidine rings is 1. The Morgan fingerprint density at radius 1 is 1.43 bits per heavy atom. The van der Waals surface area contributed by atoms with Crippen LogP contribution in [0, 0.1) is 11.3 Å². The Labute approximate surface area is 121 Å². The van der Waals surface area contributed by atoms with Crippen molar-refractivity contribution >= 4 is 17.4 Å². The van der Waals surface area contributed by atoms with E-state index >= 15 is 0 Å². The first-order chi connectivity index (χ1) is 9.98. The quantitative estimate of drug-likeness (QED) is 0.894. The Bertz CT molecular complexity index is 667. The fourth-order valence-electron chi connectivity index (χ4n) is 2.76. The van der Waals surface area contributed by atoms with Gasteiger partial charge in [0.25, 0.3) is 0 Å². The molecule has 0 bridgehead atoms. The van der Waals surface area contributed by atoms with Crippen LogP contribution < -0.4 is 4.90 Å². The monoisotopic (exact) mass is 290 g/mol. The number of carboxylic acid groups (broad SMARTS) is 1. The van der Waals surface area contributed by atoms with Gasteiger partial charge >= 0.3 is 5.97 Å². The fraction of sp³-hybridized carbons (Fsp3) is 0.615. The van der Waals surface area contributed by atoms with Crippen LogP contribution in [0.15, 0.2) is 12.1 Å². The SMILES string of the molecule is CC(C)(C(=O)O)C1CCCN(c2ccc3nnnn3n2)C1. The first-order valence-corrected chi connectivity index (χ1v) is 7.02. The van der Waals surface area contributed by atoms with Crippen molar-refractivity contribution in [1.29, 1.82) is 0 Å². The molecule has 3 heterocycles. The van der Waals surface area contributed by atoms with Crippen LogP contribution in [0.3, 0.4) is 0 Å². The predicted molar refractivity (Wildman–Crippen MR) is 74.9 cm³/mol. The van der Waals surface area contributed by atoms with Gasteiger partial charge in [-0.3, -0.25) is 4.79 Å². The molecule has 0 aliphatic carbocycles. The molecule has 21 heavy (non-hydrogen) atoms. The van der Waals surface area contributed by atoms with Crippen molar-refractivity contribution in [2.45, 2.75) is 26.7 Å². The number of hydrogen-bond acceptors (Lipinski definition) is 6. The largest absolute Gasteiger partial charge is 0.481 e. The van der Waals surface area contributed by atoms with E-state index in [1.54, 1.807) is 13.8 Å². The average Bonchev–Trinajstić information content (AvgIpc) is 2.94. The molecule has 8 heteroatoms. The van der Waals surface area contributed by atoms with Gasteiger partial charge in [0.15, 0.2) is 11.5 Å². The smallest absolute Gasteiger partial charge is 0.309 e. The molecule has 0 saturated carbocycles. The second kappa shape index (κ2) is 4.94. The highest BCUT2D eigenvalue weighted by Crippen LogP contribution is 2.35. The van der Waals surface area contributed by atoms with E-state index in [0.717, 1.165) is 25.2 Å². The van der Waals surface area contributed by atoms with Gasteiger partial charge < -0.3 is 10.0 Å². The van der Waals surface area contributed by atoms with Gasteiger partial charge in [-0.2, -0.15) is 0 Å². The third kappa shape index (κ3) is 2.41. The molecule has 1 aliphatic heterocycles. The lowest BCUT2D eigenvalue weighted by molar-refractivity contribution is -0.150. The number of fused-ring (bicyclic) bond motifs is 1. The molecule has 0 aromatic carbocycles. The summed E-state index contributed by atoms with van der Waals surface area (Å²) >= 11 is 0. The maximum absolute atomic E-state index is 11.4. The standard InChI is InChI=1S/C13H18N6O2/c1-13(2,12(20)21)9-4-3-7-18(8-9)11-6-5-10-14-16-17-19(10)15-11/h5-6,9H,3-4,7-8H2,1-2H3,(H,20,21). The van der Waals surface area contributed by atoms with E-state index in [-0.39, 0.29) is 5.92 Å². The van der Waals surface area contributed by atoms with Crippen molar-refractivity contribution in [3.8, 4) is 0 Å². The highest BCUT2D eigenvalue weighted by Gasteiger charge is 2.39. The van der Waals surface area contributed by atoms with Crippen LogP contribution in [0.25, 0.3) is 5.65 Å². The molecule has 1 N–H and O–H groups in total. The van der Waals surface area contributed by atoms with E-state index in [4.69, 9.17) is 0 Å². The number of anilines is 1. The normalized spacial score (nSPS) is 19.9. The number of carbonyl (C=O) groups is 1. The minimum atomic E-state index is -0.752. The Morgan fingerprint density at radius 2 is 2.24 bits per heavy atom. The van der Waals surface area contributed by atoms with Gasteiger partial charge in [0, 0.05) is 13.1 Å². The zero-order valence-corrected chi connectivity index (χ0v) is 12.1. The molecule has 1 aliphatic rings. The van der Waals surface area contributed by atoms with Crippen molar-refractivity contribution < 1.29 is 9.90 Å². The molecule has 2 aromatic heterocycles. The Hall–Kier alpha value is -2.25. The van der Waals surface area contributed by atoms with Crippen LogP contribution in [0.5, 0.6) is 0 Å². The van der Waals surface area contributed by atoms with Crippen LogP contribution in [-0.4, -0.2) is 49.4 Å². The van der Waals surface area contributed by atoms with Crippen LogP contribution in [0.1, 0.15) is 26.7 Å². The molecule has 1 saturated heterocycles. The molecular weight excluding hydrogens is 272 g/mol. The minimum Gasteiger partial charge on any atom is -0.481 e. The van der Waals surface area contributed by atoms with E-state index < -0.39 is 11.4 Å². The lowest BCUT2D eigenvalue weighted by Crippen LogP contribution is -2.45. The fourth-order valence-corrected chi connectivity index (χ4v) is 2.76. The second-order valence-electron chi connectivity index (χ2n) is 6.03. The number of tetrazole rings is 1. The molecule has 8 nitrogen and oxygen atoms in total. The third-order valence-electron chi connectivity index (χ3n) is 4.37. The zero-order chi connectivity index (χ0) is 15.0. The van der Waals surface area contributed by atoms with Crippen molar-refractivity contribution in [2.24, 2.45) is 11.3 Å². The highest BCUT2D eigenvalue weighted by molar-refractivity contribution is 5.74. The summed E-state index contributed by atoms with van der Waals surface area (Å²) in [4.78, 5) is 13.5. The van der Waals surface area contributed by atoms with E-state index in [1.165, 1.54) is 4.63 Å². The Morgan fingerprint density at radius 3 is 3.00 bits per heavy atom. The van der Waals surface area contributed by atoms with E-state index in [1.807, 2.05) is 12.1 Å². The van der Waals surface area contributed by atoms with Gasteiger partial charge in [0.2, 0.25) is 0 Å². The maximum Gasteiger partial charge on any atom is 0.309 e. The summed E-state index contributed by atoms with van der Waals surface area (Å²) in [5.74, 6) is 0.119. The molecule has 0 amide bonds. The summed E-state index contributed by atoms with van der Waals surface area (Å²) in [7, 11) is 0. The van der Waals surface area contributed by atoms with Gasteiger partial charge in [0.05, 0.1) is 5.41 Å². The number of nitrogens with zero attached hydrogens (tertiary/aromatic N) is 6. The van der Waals surface area contributed by atoms with Crippen molar-refractivity contribution in [2.75, 3.05) is 18.0 Å². The molecule has 1 atom stereocenters. The van der Waals surface area contributed by atoms with Gasteiger partial charge in [-0.15, -0.1) is 14.8 Å². The van der Waals surface area contributed by atoms with Gasteiger partial charge in [-0.05, 0) is 55.2 Å². The van der Waals surface area contributed by atoms with Gasteiger partial charge in [-0.1, -0.05) is 0 Å². The third-order valence-corrected chi connectivity index (χ3v) is 4.37. The highest BCUT2D eigenvalue weighted by atomic mass is 16.4. The lowest BCUT2D eigenvalue weighted by atomic mass is 9.74. The van der Waals surface area contributed by atoms with Crippen LogP contribution in [0.4, 0.5) is 5.82 Å². The van der Waals surface area contributed by atoms with E-state index in [9.17, 15) is 9.90 Å². The van der Waals surface area contributed by atoms with E-state index in [0.29, 0.717) is 12.2 Å². The molecule has 1 unspecified atom stereocenters. The summed E-state index contributed by atoms with van der Waals surface area (Å²) in [6.07, 6.45) is 1.87. The number of hydrogen-bond donors (Lipinski definition) is 1. The zero-order valence-electron chi connectivity index (χ0n) is 12.1. The maximum atomic E-state index is 11.4.